The lowest BCUT2D eigenvalue weighted by Crippen LogP contribution is -2.50. The largest absolute Gasteiger partial charge is 0.472 e. The van der Waals surface area contributed by atoms with Crippen molar-refractivity contribution in [3.05, 3.63) is 71.1 Å². The van der Waals surface area contributed by atoms with Gasteiger partial charge in [-0.2, -0.15) is 0 Å². The summed E-state index contributed by atoms with van der Waals surface area (Å²) in [6.07, 6.45) is 4.56. The summed E-state index contributed by atoms with van der Waals surface area (Å²) >= 11 is 5.35. The number of para-hydroxylation sites is 1. The van der Waals surface area contributed by atoms with Crippen molar-refractivity contribution in [3.8, 4) is 5.69 Å². The molecule has 0 aliphatic carbocycles. The smallest absolute Gasteiger partial charge is 0.272 e. The molecule has 138 valence electrons. The van der Waals surface area contributed by atoms with Crippen LogP contribution in [0.3, 0.4) is 0 Å². The molecule has 2 aromatic heterocycles. The Morgan fingerprint density at radius 2 is 1.63 bits per heavy atom. The van der Waals surface area contributed by atoms with Gasteiger partial charge < -0.3 is 19.2 Å². The maximum Gasteiger partial charge on any atom is 0.272 e. The highest BCUT2D eigenvalue weighted by Crippen LogP contribution is 2.16. The fraction of sp³-hybridized carbons (Fsp3) is 0.211. The molecule has 2 amide bonds. The molecule has 4 rings (SSSR count). The topological polar surface area (TPSA) is 74.5 Å². The molecule has 0 saturated carbocycles. The van der Waals surface area contributed by atoms with Crippen LogP contribution in [0.25, 0.3) is 5.69 Å². The number of hydrogen-bond donors (Lipinski definition) is 1. The number of aromatic amines is 1. The molecule has 8 heteroatoms. The minimum absolute atomic E-state index is 0.0790. The SMILES string of the molecule is O=C(c1ccoc1)N1CCN(C(=O)c2c[nH]c(=S)n2-c2ccccc2)CC1. The average molecular weight is 382 g/mol. The molecule has 1 N–H and O–H groups in total. The first-order chi connectivity index (χ1) is 13.1. The quantitative estimate of drug-likeness (QED) is 0.707. The molecule has 3 heterocycles. The average Bonchev–Trinajstić information content (AvgIpc) is 3.37. The lowest BCUT2D eigenvalue weighted by molar-refractivity contribution is 0.0530. The number of carbonyl (C=O) groups is 2. The third-order valence-corrected chi connectivity index (χ3v) is 4.93. The van der Waals surface area contributed by atoms with Crippen LogP contribution in [0.1, 0.15) is 20.8 Å². The van der Waals surface area contributed by atoms with Gasteiger partial charge in [-0.3, -0.25) is 14.2 Å². The first-order valence-corrected chi connectivity index (χ1v) is 9.02. The summed E-state index contributed by atoms with van der Waals surface area (Å²) in [7, 11) is 0. The van der Waals surface area contributed by atoms with Crippen molar-refractivity contribution in [2.75, 3.05) is 26.2 Å². The van der Waals surface area contributed by atoms with Crippen LogP contribution in [0.15, 0.2) is 59.5 Å². The molecule has 1 aliphatic rings. The van der Waals surface area contributed by atoms with Crippen LogP contribution in [-0.2, 0) is 0 Å². The highest BCUT2D eigenvalue weighted by Gasteiger charge is 2.27. The predicted octanol–water partition coefficient (Wildman–Crippen LogP) is 2.73. The van der Waals surface area contributed by atoms with Crippen LogP contribution in [0.4, 0.5) is 0 Å². The van der Waals surface area contributed by atoms with Crippen LogP contribution in [0, 0.1) is 4.77 Å². The van der Waals surface area contributed by atoms with Gasteiger partial charge in [-0.05, 0) is 30.4 Å². The van der Waals surface area contributed by atoms with Crippen molar-refractivity contribution < 1.29 is 14.0 Å². The third kappa shape index (κ3) is 3.31. The van der Waals surface area contributed by atoms with Gasteiger partial charge in [0.1, 0.15) is 12.0 Å². The standard InChI is InChI=1S/C19H18N4O3S/c24-17(14-6-11-26-13-14)21-7-9-22(10-8-21)18(25)16-12-20-19(27)23(16)15-4-2-1-3-5-15/h1-6,11-13H,7-10H2,(H,20,27). The summed E-state index contributed by atoms with van der Waals surface area (Å²) in [6.45, 7) is 1.89. The molecule has 1 aliphatic heterocycles. The molecule has 0 radical (unpaired) electrons. The second-order valence-corrected chi connectivity index (χ2v) is 6.63. The van der Waals surface area contributed by atoms with E-state index in [2.05, 4.69) is 4.98 Å². The molecule has 0 bridgehead atoms. The first kappa shape index (κ1) is 17.3. The number of rotatable bonds is 3. The molecule has 1 aromatic carbocycles. The maximum absolute atomic E-state index is 13.0. The van der Waals surface area contributed by atoms with Crippen molar-refractivity contribution in [1.82, 2.24) is 19.4 Å². The molecule has 0 unspecified atom stereocenters. The van der Waals surface area contributed by atoms with Gasteiger partial charge in [-0.15, -0.1) is 0 Å². The van der Waals surface area contributed by atoms with Gasteiger partial charge in [0.2, 0.25) is 0 Å². The third-order valence-electron chi connectivity index (χ3n) is 4.63. The molecule has 1 fully saturated rings. The van der Waals surface area contributed by atoms with Crippen molar-refractivity contribution in [2.45, 2.75) is 0 Å². The molecule has 7 nitrogen and oxygen atoms in total. The monoisotopic (exact) mass is 382 g/mol. The van der Waals surface area contributed by atoms with E-state index in [9.17, 15) is 9.59 Å². The Labute approximate surface area is 160 Å². The van der Waals surface area contributed by atoms with Gasteiger partial charge in [0, 0.05) is 38.1 Å². The van der Waals surface area contributed by atoms with E-state index in [1.165, 1.54) is 12.5 Å². The van der Waals surface area contributed by atoms with Gasteiger partial charge in [-0.25, -0.2) is 0 Å². The number of benzene rings is 1. The number of H-pyrrole nitrogens is 1. The lowest BCUT2D eigenvalue weighted by Gasteiger charge is -2.34. The second-order valence-electron chi connectivity index (χ2n) is 6.25. The number of furan rings is 1. The van der Waals surface area contributed by atoms with E-state index in [-0.39, 0.29) is 11.8 Å². The Balaban J connectivity index is 1.49. The van der Waals surface area contributed by atoms with Crippen LogP contribution < -0.4 is 0 Å². The van der Waals surface area contributed by atoms with Crippen LogP contribution >= 0.6 is 12.2 Å². The Bertz CT molecular complexity index is 999. The summed E-state index contributed by atoms with van der Waals surface area (Å²) in [5, 5.41) is 0. The van der Waals surface area contributed by atoms with E-state index in [4.69, 9.17) is 16.6 Å². The summed E-state index contributed by atoms with van der Waals surface area (Å²) < 4.78 is 7.18. The summed E-state index contributed by atoms with van der Waals surface area (Å²) in [6, 6.07) is 11.2. The highest BCUT2D eigenvalue weighted by atomic mass is 32.1. The number of nitrogens with zero attached hydrogens (tertiary/aromatic N) is 3. The van der Waals surface area contributed by atoms with Gasteiger partial charge in [-0.1, -0.05) is 18.2 Å². The van der Waals surface area contributed by atoms with Gasteiger partial charge in [0.25, 0.3) is 11.8 Å². The molecule has 27 heavy (non-hydrogen) atoms. The number of nitrogens with one attached hydrogen (secondary N) is 1. The number of amides is 2. The first-order valence-electron chi connectivity index (χ1n) is 8.62. The molecule has 0 spiro atoms. The van der Waals surface area contributed by atoms with Gasteiger partial charge in [0.05, 0.1) is 11.8 Å². The Morgan fingerprint density at radius 3 is 2.26 bits per heavy atom. The summed E-state index contributed by atoms with van der Waals surface area (Å²) in [4.78, 5) is 31.9. The van der Waals surface area contributed by atoms with Crippen LogP contribution in [0.2, 0.25) is 0 Å². The van der Waals surface area contributed by atoms with Crippen LogP contribution in [0.5, 0.6) is 0 Å². The minimum Gasteiger partial charge on any atom is -0.472 e. The van der Waals surface area contributed by atoms with Crippen molar-refractivity contribution >= 4 is 24.0 Å². The second kappa shape index (κ2) is 7.24. The summed E-state index contributed by atoms with van der Waals surface area (Å²) in [5.41, 5.74) is 1.85. The zero-order chi connectivity index (χ0) is 18.8. The van der Waals surface area contributed by atoms with E-state index in [0.29, 0.717) is 42.2 Å². The van der Waals surface area contributed by atoms with Crippen LogP contribution in [-0.4, -0.2) is 57.3 Å². The maximum atomic E-state index is 13.0. The zero-order valence-corrected chi connectivity index (χ0v) is 15.3. The molecule has 0 atom stereocenters. The van der Waals surface area contributed by atoms with E-state index in [0.717, 1.165) is 5.69 Å². The van der Waals surface area contributed by atoms with Crippen molar-refractivity contribution in [1.29, 1.82) is 0 Å². The number of carbonyl (C=O) groups excluding carboxylic acids is 2. The Morgan fingerprint density at radius 1 is 0.963 bits per heavy atom. The van der Waals surface area contributed by atoms with Gasteiger partial charge in [0.15, 0.2) is 4.77 Å². The van der Waals surface area contributed by atoms with E-state index in [1.54, 1.807) is 26.6 Å². The Hall–Kier alpha value is -3.13. The molecule has 1 saturated heterocycles. The lowest BCUT2D eigenvalue weighted by atomic mass is 10.2. The van der Waals surface area contributed by atoms with Crippen molar-refractivity contribution in [2.24, 2.45) is 0 Å². The van der Waals surface area contributed by atoms with Crippen molar-refractivity contribution in [3.63, 3.8) is 0 Å². The number of hydrogen-bond acceptors (Lipinski definition) is 4. The van der Waals surface area contributed by atoms with E-state index in [1.807, 2.05) is 30.3 Å². The summed E-state index contributed by atoms with van der Waals surface area (Å²) in [5.74, 6) is -0.189. The predicted molar refractivity (Wildman–Crippen MR) is 101 cm³/mol. The zero-order valence-electron chi connectivity index (χ0n) is 14.5. The number of imidazole rings is 1. The fourth-order valence-corrected chi connectivity index (χ4v) is 3.47. The molecular formula is C19H18N4O3S. The van der Waals surface area contributed by atoms with E-state index >= 15 is 0 Å². The molecular weight excluding hydrogens is 364 g/mol. The van der Waals surface area contributed by atoms with Gasteiger partial charge >= 0.3 is 0 Å². The normalized spacial score (nSPS) is 14.4. The van der Waals surface area contributed by atoms with E-state index < -0.39 is 0 Å². The highest BCUT2D eigenvalue weighted by molar-refractivity contribution is 7.71. The fourth-order valence-electron chi connectivity index (χ4n) is 3.20. The Kier molecular flexibility index (Phi) is 4.64. The molecule has 3 aromatic rings. The number of aromatic nitrogens is 2. The minimum atomic E-state index is -0.110. The number of piperazine rings is 1.